The number of rotatable bonds is 0. The van der Waals surface area contributed by atoms with E-state index in [1.807, 2.05) is 0 Å². The molecular weight excluding hydrogens is 152 g/mol. The number of fused-ring (bicyclic) bond motifs is 2. The zero-order valence-electron chi connectivity index (χ0n) is 7.72. The molecule has 0 aliphatic heterocycles. The van der Waals surface area contributed by atoms with E-state index in [2.05, 4.69) is 20.8 Å². The Morgan fingerprint density at radius 3 is 2.18 bits per heavy atom. The zero-order chi connectivity index (χ0) is 8.28. The lowest BCUT2D eigenvalue weighted by atomic mass is 9.45. The van der Waals surface area contributed by atoms with Crippen LogP contribution in [0.3, 0.4) is 0 Å². The van der Waals surface area contributed by atoms with E-state index in [0.717, 1.165) is 11.8 Å². The van der Waals surface area contributed by atoms with Crippen molar-refractivity contribution in [2.24, 2.45) is 17.3 Å². The highest BCUT2D eigenvalue weighted by Gasteiger charge is 2.57. The third-order valence-corrected chi connectivity index (χ3v) is 4.76. The topological polar surface area (TPSA) is 0 Å². The van der Waals surface area contributed by atoms with Gasteiger partial charge in [0.1, 0.15) is 0 Å². The second kappa shape index (κ2) is 1.99. The predicted octanol–water partition coefficient (Wildman–Crippen LogP) is 3.13. The van der Waals surface area contributed by atoms with Crippen molar-refractivity contribution in [2.45, 2.75) is 44.8 Å². The zero-order valence-corrected chi connectivity index (χ0v) is 8.62. The summed E-state index contributed by atoms with van der Waals surface area (Å²) in [6.07, 6.45) is 4.17. The second-order valence-electron chi connectivity index (χ2n) is 5.20. The van der Waals surface area contributed by atoms with Gasteiger partial charge in [-0.05, 0) is 36.5 Å². The Balaban J connectivity index is 2.23. The molecule has 0 unspecified atom stereocenters. The normalized spacial score (nSPS) is 53.5. The van der Waals surface area contributed by atoms with Crippen LogP contribution in [0.4, 0.5) is 0 Å². The van der Waals surface area contributed by atoms with E-state index in [9.17, 15) is 0 Å². The molecule has 3 aliphatic rings. The van der Waals surface area contributed by atoms with Crippen molar-refractivity contribution in [1.29, 1.82) is 0 Å². The summed E-state index contributed by atoms with van der Waals surface area (Å²) in [5.74, 6) is 1.88. The molecule has 1 heteroatoms. The summed E-state index contributed by atoms with van der Waals surface area (Å²) in [5.41, 5.74) is 0.592. The largest absolute Gasteiger partial charge is 0.172 e. The van der Waals surface area contributed by atoms with E-state index >= 15 is 0 Å². The van der Waals surface area contributed by atoms with Gasteiger partial charge in [0.15, 0.2) is 0 Å². The van der Waals surface area contributed by atoms with Crippen molar-refractivity contribution in [2.75, 3.05) is 0 Å². The maximum Gasteiger partial charge on any atom is 0.0135 e. The highest BCUT2D eigenvalue weighted by molar-refractivity contribution is 7.81. The minimum atomic E-state index is 0.332. The van der Waals surface area contributed by atoms with Crippen molar-refractivity contribution in [3.05, 3.63) is 0 Å². The molecule has 0 aromatic carbocycles. The molecule has 64 valence electrons. The first-order chi connectivity index (χ1) is 4.94. The van der Waals surface area contributed by atoms with Gasteiger partial charge in [0, 0.05) is 4.75 Å². The lowest BCUT2D eigenvalue weighted by Gasteiger charge is -2.63. The summed E-state index contributed by atoms with van der Waals surface area (Å²) >= 11 is 4.76. The second-order valence-corrected chi connectivity index (χ2v) is 6.22. The molecule has 11 heavy (non-hydrogen) atoms. The summed E-state index contributed by atoms with van der Waals surface area (Å²) in [6.45, 7) is 7.15. The van der Waals surface area contributed by atoms with Crippen LogP contribution in [0, 0.1) is 17.3 Å². The summed E-state index contributed by atoms with van der Waals surface area (Å²) < 4.78 is 0.332. The Morgan fingerprint density at radius 2 is 1.91 bits per heavy atom. The fourth-order valence-electron chi connectivity index (χ4n) is 3.20. The molecule has 0 spiro atoms. The fourth-order valence-corrected chi connectivity index (χ4v) is 3.77. The highest BCUT2D eigenvalue weighted by atomic mass is 32.1. The summed E-state index contributed by atoms with van der Waals surface area (Å²) in [4.78, 5) is 0. The summed E-state index contributed by atoms with van der Waals surface area (Å²) in [6, 6.07) is 0. The fraction of sp³-hybridized carbons (Fsp3) is 1.00. The number of hydrogen-bond donors (Lipinski definition) is 1. The van der Waals surface area contributed by atoms with Crippen LogP contribution in [-0.4, -0.2) is 4.75 Å². The molecule has 0 radical (unpaired) electrons. The maximum atomic E-state index is 4.76. The first-order valence-corrected chi connectivity index (χ1v) is 5.12. The lowest BCUT2D eigenvalue weighted by Crippen LogP contribution is -2.57. The third kappa shape index (κ3) is 0.898. The van der Waals surface area contributed by atoms with Crippen molar-refractivity contribution in [3.8, 4) is 0 Å². The predicted molar refractivity (Wildman–Crippen MR) is 52.0 cm³/mol. The first kappa shape index (κ1) is 7.97. The van der Waals surface area contributed by atoms with Crippen molar-refractivity contribution >= 4 is 12.6 Å². The van der Waals surface area contributed by atoms with Gasteiger partial charge in [-0.1, -0.05) is 20.8 Å². The van der Waals surface area contributed by atoms with Crippen molar-refractivity contribution < 1.29 is 0 Å². The van der Waals surface area contributed by atoms with Gasteiger partial charge in [-0.15, -0.1) is 0 Å². The average molecular weight is 170 g/mol. The van der Waals surface area contributed by atoms with Crippen LogP contribution in [0.15, 0.2) is 0 Å². The summed E-state index contributed by atoms with van der Waals surface area (Å²) in [7, 11) is 0. The summed E-state index contributed by atoms with van der Waals surface area (Å²) in [5, 5.41) is 0. The molecule has 0 aromatic heterocycles. The molecule has 0 saturated heterocycles. The molecule has 0 N–H and O–H groups in total. The minimum absolute atomic E-state index is 0.332. The van der Waals surface area contributed by atoms with Gasteiger partial charge in [-0.3, -0.25) is 0 Å². The van der Waals surface area contributed by atoms with E-state index in [1.165, 1.54) is 19.3 Å². The number of hydrogen-bond acceptors (Lipinski definition) is 1. The van der Waals surface area contributed by atoms with Crippen LogP contribution in [0.1, 0.15) is 40.0 Å². The molecule has 3 atom stereocenters. The first-order valence-electron chi connectivity index (χ1n) is 4.67. The maximum absolute atomic E-state index is 4.76. The SMILES string of the molecule is CC1(C)[C@H]2CC[C@@](C)(S)[C@@H]1C2. The Bertz CT molecular complexity index is 171. The molecule has 0 heterocycles. The molecule has 3 rings (SSSR count). The lowest BCUT2D eigenvalue weighted by molar-refractivity contribution is -0.0845. The van der Waals surface area contributed by atoms with Crippen LogP contribution in [-0.2, 0) is 0 Å². The van der Waals surface area contributed by atoms with E-state index in [0.29, 0.717) is 10.2 Å². The van der Waals surface area contributed by atoms with Gasteiger partial charge in [-0.25, -0.2) is 0 Å². The molecule has 0 aromatic rings. The minimum Gasteiger partial charge on any atom is -0.172 e. The quantitative estimate of drug-likeness (QED) is 0.531. The van der Waals surface area contributed by atoms with Gasteiger partial charge in [0.05, 0.1) is 0 Å². The Morgan fingerprint density at radius 1 is 1.27 bits per heavy atom. The van der Waals surface area contributed by atoms with E-state index < -0.39 is 0 Å². The Labute approximate surface area is 75.2 Å². The van der Waals surface area contributed by atoms with Crippen LogP contribution in [0.25, 0.3) is 0 Å². The molecule has 3 saturated carbocycles. The van der Waals surface area contributed by atoms with E-state index in [4.69, 9.17) is 12.6 Å². The van der Waals surface area contributed by atoms with Gasteiger partial charge in [-0.2, -0.15) is 12.6 Å². The molecular formula is C10H18S. The van der Waals surface area contributed by atoms with Crippen molar-refractivity contribution in [1.82, 2.24) is 0 Å². The third-order valence-electron chi connectivity index (χ3n) is 4.22. The van der Waals surface area contributed by atoms with E-state index in [1.54, 1.807) is 0 Å². The Hall–Kier alpha value is 0.350. The van der Waals surface area contributed by atoms with Gasteiger partial charge in [0.25, 0.3) is 0 Å². The smallest absolute Gasteiger partial charge is 0.0135 e. The molecule has 0 amide bonds. The molecule has 2 bridgehead atoms. The standard InChI is InChI=1S/C10H18S/c1-9(2)7-4-5-10(3,11)8(9)6-7/h7-8,11H,4-6H2,1-3H3/t7-,8+,10+/m0/s1. The van der Waals surface area contributed by atoms with Gasteiger partial charge >= 0.3 is 0 Å². The molecule has 3 aliphatic carbocycles. The molecule has 0 nitrogen and oxygen atoms in total. The highest BCUT2D eigenvalue weighted by Crippen LogP contribution is 2.64. The van der Waals surface area contributed by atoms with Crippen LogP contribution >= 0.6 is 12.6 Å². The van der Waals surface area contributed by atoms with Crippen molar-refractivity contribution in [3.63, 3.8) is 0 Å². The van der Waals surface area contributed by atoms with Gasteiger partial charge < -0.3 is 0 Å². The van der Waals surface area contributed by atoms with Gasteiger partial charge in [0.2, 0.25) is 0 Å². The van der Waals surface area contributed by atoms with E-state index in [-0.39, 0.29) is 0 Å². The van der Waals surface area contributed by atoms with Crippen LogP contribution < -0.4 is 0 Å². The number of thiol groups is 1. The monoisotopic (exact) mass is 170 g/mol. The Kier molecular flexibility index (Phi) is 1.44. The van der Waals surface area contributed by atoms with Crippen LogP contribution in [0.5, 0.6) is 0 Å². The van der Waals surface area contributed by atoms with Crippen LogP contribution in [0.2, 0.25) is 0 Å². The average Bonchev–Trinajstić information content (AvgIpc) is 1.84. The molecule has 3 fully saturated rings.